The lowest BCUT2D eigenvalue weighted by molar-refractivity contribution is -0.121. The van der Waals surface area contributed by atoms with Crippen LogP contribution in [0.15, 0.2) is 47.4 Å². The number of nitrogens with one attached hydrogen (secondary N) is 3. The third-order valence-electron chi connectivity index (χ3n) is 4.25. The normalized spacial score (nSPS) is 13.9. The largest absolute Gasteiger partial charge is 0.343 e. The Labute approximate surface area is 176 Å². The van der Waals surface area contributed by atoms with Crippen LogP contribution in [-0.4, -0.2) is 32.8 Å². The number of halogens is 3. The average molecular weight is 453 g/mol. The fraction of sp³-hybridized carbons (Fsp3) is 0.200. The van der Waals surface area contributed by atoms with Crippen LogP contribution in [0.1, 0.15) is 18.4 Å². The van der Waals surface area contributed by atoms with Gasteiger partial charge in [-0.1, -0.05) is 12.1 Å². The molecule has 2 aromatic carbocycles. The van der Waals surface area contributed by atoms with Crippen LogP contribution in [0, 0.1) is 17.5 Å². The van der Waals surface area contributed by atoms with Crippen molar-refractivity contribution in [3.63, 3.8) is 0 Å². The van der Waals surface area contributed by atoms with Gasteiger partial charge in [0.15, 0.2) is 17.5 Å². The van der Waals surface area contributed by atoms with E-state index in [1.807, 2.05) is 5.32 Å². The summed E-state index contributed by atoms with van der Waals surface area (Å²) in [6.45, 7) is -0.536. The molecule has 0 heterocycles. The van der Waals surface area contributed by atoms with Crippen molar-refractivity contribution < 1.29 is 31.2 Å². The van der Waals surface area contributed by atoms with E-state index in [0.717, 1.165) is 25.0 Å². The number of rotatable bonds is 8. The van der Waals surface area contributed by atoms with Crippen LogP contribution in [0.4, 0.5) is 18.9 Å². The summed E-state index contributed by atoms with van der Waals surface area (Å²) in [5.41, 5.74) is -0.00580. The lowest BCUT2D eigenvalue weighted by Crippen LogP contribution is -2.32. The molecule has 0 saturated heterocycles. The second-order valence-corrected chi connectivity index (χ2v) is 8.50. The molecule has 0 unspecified atom stereocenters. The zero-order valence-electron chi connectivity index (χ0n) is 16.0. The fourth-order valence-electron chi connectivity index (χ4n) is 2.46. The molecule has 2 aromatic rings. The zero-order chi connectivity index (χ0) is 22.6. The molecule has 1 fully saturated rings. The van der Waals surface area contributed by atoms with Crippen molar-refractivity contribution in [3.8, 4) is 0 Å². The third-order valence-corrected chi connectivity index (χ3v) is 5.79. The van der Waals surface area contributed by atoms with Gasteiger partial charge in [0.1, 0.15) is 0 Å². The van der Waals surface area contributed by atoms with Crippen LogP contribution in [0.3, 0.4) is 0 Å². The molecule has 1 aliphatic rings. The van der Waals surface area contributed by atoms with E-state index in [0.29, 0.717) is 11.6 Å². The summed E-state index contributed by atoms with van der Waals surface area (Å²) in [5, 5.41) is 4.27. The highest BCUT2D eigenvalue weighted by Gasteiger charge is 2.27. The van der Waals surface area contributed by atoms with Crippen molar-refractivity contribution in [1.82, 2.24) is 10.0 Å². The Kier molecular flexibility index (Phi) is 6.76. The van der Waals surface area contributed by atoms with Gasteiger partial charge in [-0.05, 0) is 48.7 Å². The Morgan fingerprint density at radius 2 is 1.68 bits per heavy atom. The summed E-state index contributed by atoms with van der Waals surface area (Å²) in [7, 11) is -3.57. The summed E-state index contributed by atoms with van der Waals surface area (Å²) < 4.78 is 66.3. The minimum Gasteiger partial charge on any atom is -0.343 e. The van der Waals surface area contributed by atoms with Crippen molar-refractivity contribution >= 4 is 33.6 Å². The maximum Gasteiger partial charge on any atom is 0.244 e. The zero-order valence-corrected chi connectivity index (χ0v) is 16.8. The molecule has 2 amide bonds. The van der Waals surface area contributed by atoms with Gasteiger partial charge in [-0.3, -0.25) is 9.59 Å². The summed E-state index contributed by atoms with van der Waals surface area (Å²) >= 11 is 0. The van der Waals surface area contributed by atoms with E-state index >= 15 is 0 Å². The topological polar surface area (TPSA) is 104 Å². The molecule has 0 aromatic heterocycles. The Morgan fingerprint density at radius 1 is 1.00 bits per heavy atom. The smallest absolute Gasteiger partial charge is 0.244 e. The average Bonchev–Trinajstić information content (AvgIpc) is 3.55. The lowest BCUT2D eigenvalue weighted by Gasteiger charge is -2.07. The van der Waals surface area contributed by atoms with Gasteiger partial charge in [0.05, 0.1) is 17.1 Å². The lowest BCUT2D eigenvalue weighted by atomic mass is 10.2. The summed E-state index contributed by atoms with van der Waals surface area (Å²) in [4.78, 5) is 23.7. The highest BCUT2D eigenvalue weighted by atomic mass is 32.2. The molecule has 1 saturated carbocycles. The second kappa shape index (κ2) is 9.31. The maximum absolute atomic E-state index is 13.5. The quantitative estimate of drug-likeness (QED) is 0.422. The van der Waals surface area contributed by atoms with Gasteiger partial charge in [-0.2, -0.15) is 0 Å². The van der Waals surface area contributed by atoms with Crippen LogP contribution >= 0.6 is 0 Å². The van der Waals surface area contributed by atoms with Gasteiger partial charge in [0, 0.05) is 12.1 Å². The monoisotopic (exact) mass is 453 g/mol. The minimum absolute atomic E-state index is 0.0101. The first-order valence-electron chi connectivity index (χ1n) is 9.17. The fourth-order valence-corrected chi connectivity index (χ4v) is 3.77. The Balaban J connectivity index is 1.50. The molecule has 3 N–H and O–H groups in total. The number of hydrogen-bond acceptors (Lipinski definition) is 4. The van der Waals surface area contributed by atoms with Crippen molar-refractivity contribution in [2.75, 3.05) is 11.9 Å². The molecular formula is C20H18F3N3O4S. The minimum atomic E-state index is -3.57. The van der Waals surface area contributed by atoms with E-state index < -0.39 is 51.5 Å². The second-order valence-electron chi connectivity index (χ2n) is 6.79. The van der Waals surface area contributed by atoms with Gasteiger partial charge >= 0.3 is 0 Å². The Hall–Kier alpha value is -3.18. The van der Waals surface area contributed by atoms with E-state index in [9.17, 15) is 31.2 Å². The molecule has 7 nitrogen and oxygen atoms in total. The van der Waals surface area contributed by atoms with Crippen LogP contribution in [0.2, 0.25) is 0 Å². The molecule has 0 atom stereocenters. The van der Waals surface area contributed by atoms with Crippen LogP contribution in [0.25, 0.3) is 6.08 Å². The van der Waals surface area contributed by atoms with E-state index in [2.05, 4.69) is 10.0 Å². The summed E-state index contributed by atoms with van der Waals surface area (Å²) in [6, 6.07) is 7.36. The van der Waals surface area contributed by atoms with E-state index in [1.54, 1.807) is 0 Å². The van der Waals surface area contributed by atoms with Gasteiger partial charge in [-0.25, -0.2) is 26.3 Å². The Bertz CT molecular complexity index is 1130. The maximum atomic E-state index is 13.5. The molecule has 0 radical (unpaired) electrons. The molecule has 1 aliphatic carbocycles. The standard InChI is InChI=1S/C20H18F3N3O4S/c21-15-8-9-16(20(23)19(15)22)25-18(28)11-24-17(27)10-3-12-1-6-14(7-2-12)31(29,30)26-13-4-5-13/h1-3,6-10,13,26H,4-5,11H2,(H,24,27)(H,25,28)/b10-3+. The molecular weight excluding hydrogens is 435 g/mol. The highest BCUT2D eigenvalue weighted by Crippen LogP contribution is 2.22. The molecule has 3 rings (SSSR count). The first-order chi connectivity index (χ1) is 14.7. The number of carbonyl (C=O) groups excluding carboxylic acids is 2. The number of hydrogen-bond donors (Lipinski definition) is 3. The van der Waals surface area contributed by atoms with Crippen molar-refractivity contribution in [2.45, 2.75) is 23.8 Å². The van der Waals surface area contributed by atoms with Crippen molar-refractivity contribution in [1.29, 1.82) is 0 Å². The number of amides is 2. The van der Waals surface area contributed by atoms with E-state index in [-0.39, 0.29) is 10.9 Å². The van der Waals surface area contributed by atoms with Gasteiger partial charge in [0.2, 0.25) is 21.8 Å². The highest BCUT2D eigenvalue weighted by molar-refractivity contribution is 7.89. The first-order valence-corrected chi connectivity index (χ1v) is 10.7. The SMILES string of the molecule is O=C(/C=C/c1ccc(S(=O)(=O)NC2CC2)cc1)NCC(=O)Nc1ccc(F)c(F)c1F. The number of sulfonamides is 1. The van der Waals surface area contributed by atoms with Gasteiger partial charge in [0.25, 0.3) is 0 Å². The molecule has 31 heavy (non-hydrogen) atoms. The number of anilines is 1. The van der Waals surface area contributed by atoms with Gasteiger partial charge < -0.3 is 10.6 Å². The van der Waals surface area contributed by atoms with Crippen LogP contribution < -0.4 is 15.4 Å². The molecule has 164 valence electrons. The molecule has 0 bridgehead atoms. The van der Waals surface area contributed by atoms with Crippen molar-refractivity contribution in [3.05, 3.63) is 65.5 Å². The molecule has 11 heteroatoms. The van der Waals surface area contributed by atoms with Crippen molar-refractivity contribution in [2.24, 2.45) is 0 Å². The molecule has 0 aliphatic heterocycles. The first kappa shape index (κ1) is 22.5. The van der Waals surface area contributed by atoms with Gasteiger partial charge in [-0.15, -0.1) is 0 Å². The number of carbonyl (C=O) groups is 2. The molecule has 0 spiro atoms. The van der Waals surface area contributed by atoms with E-state index in [1.165, 1.54) is 30.3 Å². The van der Waals surface area contributed by atoms with Crippen LogP contribution in [-0.2, 0) is 19.6 Å². The Morgan fingerprint density at radius 3 is 2.32 bits per heavy atom. The third kappa shape index (κ3) is 6.15. The number of benzene rings is 2. The predicted molar refractivity (Wildman–Crippen MR) is 107 cm³/mol. The van der Waals surface area contributed by atoms with Crippen LogP contribution in [0.5, 0.6) is 0 Å². The summed E-state index contributed by atoms with van der Waals surface area (Å²) in [5.74, 6) is -6.14. The summed E-state index contributed by atoms with van der Waals surface area (Å²) in [6.07, 6.45) is 4.18. The predicted octanol–water partition coefficient (Wildman–Crippen LogP) is 2.31. The van der Waals surface area contributed by atoms with E-state index in [4.69, 9.17) is 0 Å².